The molecule has 6 heteroatoms. The smallest absolute Gasteiger partial charge is 0.323 e. The van der Waals surface area contributed by atoms with Gasteiger partial charge in [0.15, 0.2) is 5.16 Å². The molecule has 1 aliphatic carbocycles. The van der Waals surface area contributed by atoms with Crippen molar-refractivity contribution in [3.05, 3.63) is 18.5 Å². The van der Waals surface area contributed by atoms with Gasteiger partial charge in [-0.3, -0.25) is 4.79 Å². The zero-order valence-electron chi connectivity index (χ0n) is 10.3. The van der Waals surface area contributed by atoms with Crippen LogP contribution < -0.4 is 5.32 Å². The van der Waals surface area contributed by atoms with Gasteiger partial charge in [0.05, 0.1) is 0 Å². The number of carbonyl (C=O) groups is 1. The number of hydrogen-bond donors (Lipinski definition) is 2. The second kappa shape index (κ2) is 5.67. The Kier molecular flexibility index (Phi) is 4.19. The van der Waals surface area contributed by atoms with Gasteiger partial charge in [0.2, 0.25) is 0 Å². The van der Waals surface area contributed by atoms with Crippen molar-refractivity contribution in [2.45, 2.75) is 41.6 Å². The highest BCUT2D eigenvalue weighted by Gasteiger charge is 2.42. The van der Waals surface area contributed by atoms with E-state index in [0.29, 0.717) is 12.8 Å². The van der Waals surface area contributed by atoms with Crippen molar-refractivity contribution in [3.8, 4) is 0 Å². The number of rotatable bonds is 4. The summed E-state index contributed by atoms with van der Waals surface area (Å²) in [5, 5.41) is 13.3. The minimum absolute atomic E-state index is 0.254. The van der Waals surface area contributed by atoms with Crippen LogP contribution in [0.4, 0.5) is 0 Å². The molecule has 2 N–H and O–H groups in total. The third-order valence-corrected chi connectivity index (χ3v) is 4.57. The molecule has 98 valence electrons. The number of nitrogens with zero attached hydrogens (tertiary/aromatic N) is 2. The van der Waals surface area contributed by atoms with E-state index in [4.69, 9.17) is 0 Å². The first-order chi connectivity index (χ1) is 8.66. The van der Waals surface area contributed by atoms with Crippen LogP contribution >= 0.6 is 11.8 Å². The Labute approximate surface area is 110 Å². The highest BCUT2D eigenvalue weighted by molar-refractivity contribution is 7.99. The fourth-order valence-electron chi connectivity index (χ4n) is 2.35. The lowest BCUT2D eigenvalue weighted by molar-refractivity contribution is -0.146. The minimum atomic E-state index is -0.787. The molecular weight excluding hydrogens is 250 g/mol. The van der Waals surface area contributed by atoms with Crippen molar-refractivity contribution < 1.29 is 9.90 Å². The number of thioether (sulfide) groups is 1. The molecule has 18 heavy (non-hydrogen) atoms. The Morgan fingerprint density at radius 1 is 1.56 bits per heavy atom. The monoisotopic (exact) mass is 267 g/mol. The maximum atomic E-state index is 11.4. The maximum absolute atomic E-state index is 11.4. The summed E-state index contributed by atoms with van der Waals surface area (Å²) in [6, 6.07) is 1.78. The average molecular weight is 267 g/mol. The highest BCUT2D eigenvalue weighted by Crippen LogP contribution is 2.37. The first kappa shape index (κ1) is 13.3. The Morgan fingerprint density at radius 3 is 2.89 bits per heavy atom. The Hall–Kier alpha value is -1.14. The first-order valence-electron chi connectivity index (χ1n) is 6.02. The molecule has 0 aromatic carbocycles. The van der Waals surface area contributed by atoms with Crippen molar-refractivity contribution in [1.82, 2.24) is 15.3 Å². The van der Waals surface area contributed by atoms with Gasteiger partial charge in [-0.15, -0.1) is 0 Å². The zero-order chi connectivity index (χ0) is 13.0. The summed E-state index contributed by atoms with van der Waals surface area (Å²) >= 11 is 1.57. The van der Waals surface area contributed by atoms with E-state index in [1.165, 1.54) is 0 Å². The van der Waals surface area contributed by atoms with E-state index in [9.17, 15) is 9.90 Å². The van der Waals surface area contributed by atoms with Crippen LogP contribution in [0.5, 0.6) is 0 Å². The van der Waals surface area contributed by atoms with Gasteiger partial charge in [0.25, 0.3) is 0 Å². The topological polar surface area (TPSA) is 75.1 Å². The van der Waals surface area contributed by atoms with Gasteiger partial charge in [0.1, 0.15) is 5.54 Å². The number of aliphatic carboxylic acids is 1. The first-order valence-corrected chi connectivity index (χ1v) is 6.90. The van der Waals surface area contributed by atoms with Gasteiger partial charge in [-0.2, -0.15) is 0 Å². The molecule has 5 nitrogen and oxygen atoms in total. The molecule has 0 radical (unpaired) electrons. The van der Waals surface area contributed by atoms with Crippen LogP contribution in [0, 0.1) is 0 Å². The lowest BCUT2D eigenvalue weighted by Crippen LogP contribution is -2.53. The molecule has 0 spiro atoms. The number of carboxylic acid groups (broad SMARTS) is 1. The molecule has 1 aromatic heterocycles. The molecule has 0 amide bonds. The summed E-state index contributed by atoms with van der Waals surface area (Å²) in [7, 11) is 1.72. The quantitative estimate of drug-likeness (QED) is 0.806. The predicted octanol–water partition coefficient (Wildman–Crippen LogP) is 1.55. The molecule has 1 aliphatic rings. The summed E-state index contributed by atoms with van der Waals surface area (Å²) in [6.07, 6.45) is 6.64. The van der Waals surface area contributed by atoms with Crippen LogP contribution in [0.15, 0.2) is 23.6 Å². The molecule has 2 rings (SSSR count). The molecule has 1 aromatic rings. The summed E-state index contributed by atoms with van der Waals surface area (Å²) < 4.78 is 0. The van der Waals surface area contributed by atoms with E-state index < -0.39 is 11.5 Å². The van der Waals surface area contributed by atoms with Crippen LogP contribution in [-0.2, 0) is 4.79 Å². The summed E-state index contributed by atoms with van der Waals surface area (Å²) in [5.41, 5.74) is -0.787. The van der Waals surface area contributed by atoms with Gasteiger partial charge in [-0.25, -0.2) is 9.97 Å². The van der Waals surface area contributed by atoms with E-state index in [1.807, 2.05) is 0 Å². The van der Waals surface area contributed by atoms with Crippen LogP contribution in [-0.4, -0.2) is 38.9 Å². The van der Waals surface area contributed by atoms with Gasteiger partial charge < -0.3 is 10.4 Å². The van der Waals surface area contributed by atoms with E-state index in [1.54, 1.807) is 37.3 Å². The Morgan fingerprint density at radius 2 is 2.28 bits per heavy atom. The molecule has 0 saturated heterocycles. The van der Waals surface area contributed by atoms with Crippen molar-refractivity contribution >= 4 is 17.7 Å². The molecule has 0 bridgehead atoms. The Bertz CT molecular complexity index is 415. The standard InChI is InChI=1S/C12H17N3O2S/c1-13-12(10(16)17)5-2-4-9(8-12)18-11-14-6-3-7-15-11/h3,6-7,9,13H,2,4-5,8H2,1H3,(H,16,17). The molecule has 1 saturated carbocycles. The van der Waals surface area contributed by atoms with Crippen LogP contribution in [0.25, 0.3) is 0 Å². The summed E-state index contributed by atoms with van der Waals surface area (Å²) in [5.74, 6) is -0.760. The summed E-state index contributed by atoms with van der Waals surface area (Å²) in [6.45, 7) is 0. The minimum Gasteiger partial charge on any atom is -0.480 e. The van der Waals surface area contributed by atoms with E-state index in [-0.39, 0.29) is 5.25 Å². The van der Waals surface area contributed by atoms with Gasteiger partial charge in [0, 0.05) is 17.6 Å². The van der Waals surface area contributed by atoms with E-state index in [2.05, 4.69) is 15.3 Å². The van der Waals surface area contributed by atoms with Gasteiger partial charge in [-0.1, -0.05) is 11.8 Å². The lowest BCUT2D eigenvalue weighted by Gasteiger charge is -2.36. The molecule has 1 heterocycles. The third-order valence-electron chi connectivity index (χ3n) is 3.41. The normalized spacial score (nSPS) is 27.9. The molecule has 0 aliphatic heterocycles. The number of likely N-dealkylation sites (N-methyl/N-ethyl adjacent to an activating group) is 1. The van der Waals surface area contributed by atoms with Crippen LogP contribution in [0.1, 0.15) is 25.7 Å². The maximum Gasteiger partial charge on any atom is 0.323 e. The van der Waals surface area contributed by atoms with Crippen LogP contribution in [0.2, 0.25) is 0 Å². The molecule has 2 atom stereocenters. The highest BCUT2D eigenvalue weighted by atomic mass is 32.2. The van der Waals surface area contributed by atoms with Crippen molar-refractivity contribution in [2.24, 2.45) is 0 Å². The second-order valence-corrected chi connectivity index (χ2v) is 5.77. The molecule has 2 unspecified atom stereocenters. The number of nitrogens with one attached hydrogen (secondary N) is 1. The summed E-state index contributed by atoms with van der Waals surface area (Å²) in [4.78, 5) is 19.8. The fourth-order valence-corrected chi connectivity index (χ4v) is 3.54. The van der Waals surface area contributed by atoms with E-state index >= 15 is 0 Å². The average Bonchev–Trinajstić information content (AvgIpc) is 2.40. The van der Waals surface area contributed by atoms with Crippen LogP contribution in [0.3, 0.4) is 0 Å². The molecular formula is C12H17N3O2S. The lowest BCUT2D eigenvalue weighted by atomic mass is 9.81. The second-order valence-electron chi connectivity index (χ2n) is 4.50. The largest absolute Gasteiger partial charge is 0.480 e. The number of hydrogen-bond acceptors (Lipinski definition) is 5. The van der Waals surface area contributed by atoms with Gasteiger partial charge >= 0.3 is 5.97 Å². The zero-order valence-corrected chi connectivity index (χ0v) is 11.1. The van der Waals surface area contributed by atoms with Gasteiger partial charge in [-0.05, 0) is 38.8 Å². The van der Waals surface area contributed by atoms with Crippen molar-refractivity contribution in [3.63, 3.8) is 0 Å². The van der Waals surface area contributed by atoms with E-state index in [0.717, 1.165) is 18.0 Å². The third kappa shape index (κ3) is 2.81. The van der Waals surface area contributed by atoms with Crippen molar-refractivity contribution in [1.29, 1.82) is 0 Å². The predicted molar refractivity (Wildman–Crippen MR) is 69.6 cm³/mol. The molecule has 1 fully saturated rings. The number of aromatic nitrogens is 2. The number of carboxylic acids is 1. The SMILES string of the molecule is CNC1(C(=O)O)CCCC(Sc2ncccn2)C1. The fraction of sp³-hybridized carbons (Fsp3) is 0.583. The Balaban J connectivity index is 2.05. The van der Waals surface area contributed by atoms with Crippen molar-refractivity contribution in [2.75, 3.05) is 7.05 Å².